The first kappa shape index (κ1) is 19.7. The number of anilines is 1. The van der Waals surface area contributed by atoms with Crippen molar-refractivity contribution in [3.8, 4) is 0 Å². The van der Waals surface area contributed by atoms with Crippen LogP contribution in [0.15, 0.2) is 18.2 Å². The molecule has 142 valence electrons. The van der Waals surface area contributed by atoms with Gasteiger partial charge in [-0.2, -0.15) is 0 Å². The van der Waals surface area contributed by atoms with Gasteiger partial charge < -0.3 is 15.0 Å². The lowest BCUT2D eigenvalue weighted by Gasteiger charge is -2.32. The second kappa shape index (κ2) is 9.17. The Morgan fingerprint density at radius 2 is 2.19 bits per heavy atom. The van der Waals surface area contributed by atoms with Crippen molar-refractivity contribution in [2.45, 2.75) is 33.1 Å². The van der Waals surface area contributed by atoms with Crippen molar-refractivity contribution in [1.82, 2.24) is 5.32 Å². The minimum atomic E-state index is -0.752. The SMILES string of the molecule is CCCNC(=O)COC(=O)c1ccc(N2CCC[C@H](C)C2)c([N+](=O)[O-])c1. The molecule has 26 heavy (non-hydrogen) atoms. The Hall–Kier alpha value is -2.64. The van der Waals surface area contributed by atoms with Gasteiger partial charge in [0.25, 0.3) is 11.6 Å². The van der Waals surface area contributed by atoms with Gasteiger partial charge in [-0.1, -0.05) is 13.8 Å². The quantitative estimate of drug-likeness (QED) is 0.454. The van der Waals surface area contributed by atoms with E-state index in [1.807, 2.05) is 11.8 Å². The summed E-state index contributed by atoms with van der Waals surface area (Å²) in [5.74, 6) is -0.679. The lowest BCUT2D eigenvalue weighted by atomic mass is 9.99. The molecule has 0 saturated carbocycles. The summed E-state index contributed by atoms with van der Waals surface area (Å²) in [4.78, 5) is 36.6. The molecule has 1 saturated heterocycles. The molecule has 8 nitrogen and oxygen atoms in total. The number of nitro groups is 1. The van der Waals surface area contributed by atoms with Crippen LogP contribution in [0, 0.1) is 16.0 Å². The number of piperidine rings is 1. The Morgan fingerprint density at radius 1 is 1.42 bits per heavy atom. The van der Waals surface area contributed by atoms with Gasteiger partial charge in [0.2, 0.25) is 0 Å². The number of carbonyl (C=O) groups is 2. The van der Waals surface area contributed by atoms with Gasteiger partial charge in [0.15, 0.2) is 6.61 Å². The van der Waals surface area contributed by atoms with Gasteiger partial charge in [0.1, 0.15) is 5.69 Å². The zero-order valence-electron chi connectivity index (χ0n) is 15.2. The fourth-order valence-electron chi connectivity index (χ4n) is 3.00. The number of esters is 1. The minimum absolute atomic E-state index is 0.0637. The number of hydrogen-bond acceptors (Lipinski definition) is 6. The number of nitrogens with one attached hydrogen (secondary N) is 1. The van der Waals surface area contributed by atoms with Gasteiger partial charge in [-0.3, -0.25) is 14.9 Å². The predicted octanol–water partition coefficient (Wildman–Crippen LogP) is 2.51. The Kier molecular flexibility index (Phi) is 6.94. The van der Waals surface area contributed by atoms with E-state index in [9.17, 15) is 19.7 Å². The number of rotatable bonds is 7. The van der Waals surface area contributed by atoms with Crippen LogP contribution in [0.4, 0.5) is 11.4 Å². The molecule has 1 fully saturated rings. The van der Waals surface area contributed by atoms with E-state index in [1.54, 1.807) is 6.07 Å². The molecule has 8 heteroatoms. The molecule has 1 N–H and O–H groups in total. The third kappa shape index (κ3) is 5.18. The molecule has 0 aliphatic carbocycles. The van der Waals surface area contributed by atoms with Crippen molar-refractivity contribution in [1.29, 1.82) is 0 Å². The average Bonchev–Trinajstić information content (AvgIpc) is 2.63. The molecule has 1 heterocycles. The molecule has 1 aromatic carbocycles. The largest absolute Gasteiger partial charge is 0.452 e. The summed E-state index contributed by atoms with van der Waals surface area (Å²) in [5.41, 5.74) is 0.455. The first-order valence-corrected chi connectivity index (χ1v) is 8.89. The van der Waals surface area contributed by atoms with Crippen molar-refractivity contribution >= 4 is 23.3 Å². The topological polar surface area (TPSA) is 102 Å². The highest BCUT2D eigenvalue weighted by Crippen LogP contribution is 2.32. The van der Waals surface area contributed by atoms with E-state index >= 15 is 0 Å². The zero-order chi connectivity index (χ0) is 19.1. The summed E-state index contributed by atoms with van der Waals surface area (Å²) in [5, 5.41) is 14.1. The van der Waals surface area contributed by atoms with Crippen LogP contribution in [0.3, 0.4) is 0 Å². The van der Waals surface area contributed by atoms with Crippen LogP contribution in [-0.2, 0) is 9.53 Å². The molecule has 1 atom stereocenters. The molecule has 1 aliphatic heterocycles. The summed E-state index contributed by atoms with van der Waals surface area (Å²) in [6.07, 6.45) is 2.87. The number of hydrogen-bond donors (Lipinski definition) is 1. The number of amides is 1. The van der Waals surface area contributed by atoms with E-state index in [0.29, 0.717) is 18.2 Å². The van der Waals surface area contributed by atoms with E-state index in [4.69, 9.17) is 4.74 Å². The van der Waals surface area contributed by atoms with Crippen LogP contribution in [-0.4, -0.2) is 43.0 Å². The van der Waals surface area contributed by atoms with Crippen LogP contribution in [0.1, 0.15) is 43.5 Å². The number of ether oxygens (including phenoxy) is 1. The summed E-state index contributed by atoms with van der Waals surface area (Å²) >= 11 is 0. The lowest BCUT2D eigenvalue weighted by molar-refractivity contribution is -0.384. The molecule has 0 aromatic heterocycles. The van der Waals surface area contributed by atoms with Crippen molar-refractivity contribution in [3.63, 3.8) is 0 Å². The fraction of sp³-hybridized carbons (Fsp3) is 0.556. The molecule has 1 aliphatic rings. The standard InChI is InChI=1S/C18H25N3O5/c1-3-8-19-17(22)12-26-18(23)14-6-7-15(16(10-14)21(24)25)20-9-4-5-13(2)11-20/h6-7,10,13H,3-5,8-9,11-12H2,1-2H3,(H,19,22)/t13-/m0/s1. The second-order valence-electron chi connectivity index (χ2n) is 6.58. The van der Waals surface area contributed by atoms with Crippen molar-refractivity contribution in [2.75, 3.05) is 31.1 Å². The maximum Gasteiger partial charge on any atom is 0.338 e. The van der Waals surface area contributed by atoms with E-state index < -0.39 is 23.4 Å². The molecule has 0 bridgehead atoms. The van der Waals surface area contributed by atoms with Gasteiger partial charge in [-0.05, 0) is 37.3 Å². The van der Waals surface area contributed by atoms with Crippen molar-refractivity contribution in [2.24, 2.45) is 5.92 Å². The molecule has 2 rings (SSSR count). The Bertz CT molecular complexity index is 677. The van der Waals surface area contributed by atoms with E-state index in [2.05, 4.69) is 12.2 Å². The second-order valence-corrected chi connectivity index (χ2v) is 6.58. The van der Waals surface area contributed by atoms with Gasteiger partial charge in [0.05, 0.1) is 10.5 Å². The Balaban J connectivity index is 2.10. The lowest BCUT2D eigenvalue weighted by Crippen LogP contribution is -2.34. The summed E-state index contributed by atoms with van der Waals surface area (Å²) in [6.45, 7) is 5.64. The summed E-state index contributed by atoms with van der Waals surface area (Å²) in [7, 11) is 0. The molecule has 0 spiro atoms. The van der Waals surface area contributed by atoms with Crippen molar-refractivity contribution < 1.29 is 19.2 Å². The van der Waals surface area contributed by atoms with Gasteiger partial charge >= 0.3 is 5.97 Å². The predicted molar refractivity (Wildman–Crippen MR) is 97.3 cm³/mol. The Morgan fingerprint density at radius 3 is 2.85 bits per heavy atom. The molecular formula is C18H25N3O5. The van der Waals surface area contributed by atoms with E-state index in [-0.39, 0.29) is 11.3 Å². The maximum absolute atomic E-state index is 12.1. The monoisotopic (exact) mass is 363 g/mol. The van der Waals surface area contributed by atoms with Gasteiger partial charge in [0, 0.05) is 25.7 Å². The number of nitrogens with zero attached hydrogens (tertiary/aromatic N) is 2. The summed E-state index contributed by atoms with van der Waals surface area (Å²) < 4.78 is 4.94. The first-order chi connectivity index (χ1) is 12.4. The number of nitro benzene ring substituents is 1. The normalized spacial score (nSPS) is 16.8. The Labute approximate surface area is 152 Å². The third-order valence-corrected chi connectivity index (χ3v) is 4.31. The highest BCUT2D eigenvalue weighted by atomic mass is 16.6. The average molecular weight is 363 g/mol. The van der Waals surface area contributed by atoms with E-state index in [1.165, 1.54) is 12.1 Å². The smallest absolute Gasteiger partial charge is 0.338 e. The first-order valence-electron chi connectivity index (χ1n) is 8.89. The van der Waals surface area contributed by atoms with E-state index in [0.717, 1.165) is 32.4 Å². The maximum atomic E-state index is 12.1. The van der Waals surface area contributed by atoms with Crippen LogP contribution in [0.2, 0.25) is 0 Å². The van der Waals surface area contributed by atoms with Crippen LogP contribution in [0.25, 0.3) is 0 Å². The summed E-state index contributed by atoms with van der Waals surface area (Å²) in [6, 6.07) is 4.32. The van der Waals surface area contributed by atoms with Gasteiger partial charge in [-0.25, -0.2) is 4.79 Å². The minimum Gasteiger partial charge on any atom is -0.452 e. The molecule has 1 aromatic rings. The third-order valence-electron chi connectivity index (χ3n) is 4.31. The molecule has 0 unspecified atom stereocenters. The van der Waals surface area contributed by atoms with Crippen LogP contribution >= 0.6 is 0 Å². The zero-order valence-corrected chi connectivity index (χ0v) is 15.2. The van der Waals surface area contributed by atoms with Crippen LogP contribution in [0.5, 0.6) is 0 Å². The van der Waals surface area contributed by atoms with Crippen LogP contribution < -0.4 is 10.2 Å². The van der Waals surface area contributed by atoms with Gasteiger partial charge in [-0.15, -0.1) is 0 Å². The molecule has 1 amide bonds. The van der Waals surface area contributed by atoms with Crippen molar-refractivity contribution in [3.05, 3.63) is 33.9 Å². The molecule has 0 radical (unpaired) electrons. The number of benzene rings is 1. The highest BCUT2D eigenvalue weighted by molar-refractivity contribution is 5.93. The highest BCUT2D eigenvalue weighted by Gasteiger charge is 2.25. The fourth-order valence-corrected chi connectivity index (χ4v) is 3.00. The number of carbonyl (C=O) groups excluding carboxylic acids is 2. The molecular weight excluding hydrogens is 338 g/mol.